The Kier molecular flexibility index (Phi) is 3.02. The topological polar surface area (TPSA) is 48.0 Å². The van der Waals surface area contributed by atoms with Crippen LogP contribution in [0.5, 0.6) is 0 Å². The van der Waals surface area contributed by atoms with Crippen molar-refractivity contribution in [3.05, 3.63) is 71.4 Å². The van der Waals surface area contributed by atoms with Gasteiger partial charge in [0.1, 0.15) is 0 Å². The first-order chi connectivity index (χ1) is 10.4. The lowest BCUT2D eigenvalue weighted by Crippen LogP contribution is -2.42. The Morgan fingerprint density at radius 1 is 1.00 bits per heavy atom. The number of fused-ring (bicyclic) bond motifs is 3. The van der Waals surface area contributed by atoms with Crippen LogP contribution >= 0.6 is 0 Å². The molecule has 0 aliphatic carbocycles. The van der Waals surface area contributed by atoms with E-state index in [1.807, 2.05) is 6.07 Å². The maximum absolute atomic E-state index is 9.62. The third-order valence-electron chi connectivity index (χ3n) is 4.34. The first kappa shape index (κ1) is 12.6. The van der Waals surface area contributed by atoms with Gasteiger partial charge in [-0.2, -0.15) is 0 Å². The number of hydrogen-bond donors (Lipinski definition) is 3. The molecule has 3 N–H and O–H groups in total. The smallest absolute Gasteiger partial charge is 0.0735 e. The number of H-pyrrole nitrogens is 1. The average molecular weight is 278 g/mol. The number of aromatic nitrogens is 1. The van der Waals surface area contributed by atoms with Gasteiger partial charge in [0.15, 0.2) is 0 Å². The zero-order valence-electron chi connectivity index (χ0n) is 11.7. The van der Waals surface area contributed by atoms with Crippen LogP contribution in [0.3, 0.4) is 0 Å². The average Bonchev–Trinajstić information content (AvgIpc) is 2.93. The van der Waals surface area contributed by atoms with E-state index in [9.17, 15) is 5.11 Å². The van der Waals surface area contributed by atoms with Crippen molar-refractivity contribution in [2.45, 2.75) is 18.5 Å². The fraction of sp³-hybridized carbons (Fsp3) is 0.222. The molecule has 1 aromatic heterocycles. The van der Waals surface area contributed by atoms with Crippen molar-refractivity contribution in [1.29, 1.82) is 0 Å². The second kappa shape index (κ2) is 5.02. The molecule has 2 atom stereocenters. The van der Waals surface area contributed by atoms with Gasteiger partial charge in [0, 0.05) is 22.6 Å². The Hall–Kier alpha value is -2.10. The predicted octanol–water partition coefficient (Wildman–Crippen LogP) is 2.76. The second-order valence-electron chi connectivity index (χ2n) is 5.66. The van der Waals surface area contributed by atoms with Gasteiger partial charge in [-0.05, 0) is 23.6 Å². The van der Waals surface area contributed by atoms with E-state index < -0.39 is 0 Å². The summed E-state index contributed by atoms with van der Waals surface area (Å²) in [6, 6.07) is 19.0. The Morgan fingerprint density at radius 3 is 2.57 bits per heavy atom. The van der Waals surface area contributed by atoms with Gasteiger partial charge in [0.2, 0.25) is 0 Å². The molecule has 2 aromatic carbocycles. The first-order valence-corrected chi connectivity index (χ1v) is 7.38. The standard InChI is InChI=1S/C18H18N2O/c21-11-13-10-15-14-8-4-5-9-16(14)20-18(15)17(19-13)12-6-2-1-3-7-12/h1-9,13,17,19-21H,10-11H2. The number of benzene rings is 2. The molecular formula is C18H18N2O. The van der Waals surface area contributed by atoms with Gasteiger partial charge >= 0.3 is 0 Å². The molecule has 3 nitrogen and oxygen atoms in total. The van der Waals surface area contributed by atoms with E-state index in [0.717, 1.165) is 6.42 Å². The molecule has 0 bridgehead atoms. The molecule has 2 unspecified atom stereocenters. The minimum absolute atomic E-state index is 0.0990. The zero-order chi connectivity index (χ0) is 14.2. The van der Waals surface area contributed by atoms with Crippen LogP contribution in [0.25, 0.3) is 10.9 Å². The summed E-state index contributed by atoms with van der Waals surface area (Å²) >= 11 is 0. The minimum Gasteiger partial charge on any atom is -0.395 e. The van der Waals surface area contributed by atoms with E-state index in [-0.39, 0.29) is 18.7 Å². The van der Waals surface area contributed by atoms with E-state index in [1.165, 1.54) is 27.7 Å². The summed E-state index contributed by atoms with van der Waals surface area (Å²) in [5.74, 6) is 0. The van der Waals surface area contributed by atoms with Crippen molar-refractivity contribution in [3.8, 4) is 0 Å². The summed E-state index contributed by atoms with van der Waals surface area (Å²) in [6.07, 6.45) is 0.860. The Labute approximate surface area is 123 Å². The van der Waals surface area contributed by atoms with Gasteiger partial charge in [-0.1, -0.05) is 48.5 Å². The van der Waals surface area contributed by atoms with Gasteiger partial charge < -0.3 is 10.1 Å². The van der Waals surface area contributed by atoms with Crippen LogP contribution in [0.4, 0.5) is 0 Å². The van der Waals surface area contributed by atoms with Crippen molar-refractivity contribution in [3.63, 3.8) is 0 Å². The number of aliphatic hydroxyl groups is 1. The molecule has 0 amide bonds. The molecule has 2 heterocycles. The van der Waals surface area contributed by atoms with Gasteiger partial charge in [-0.15, -0.1) is 0 Å². The molecule has 0 radical (unpaired) electrons. The van der Waals surface area contributed by atoms with Crippen LogP contribution in [0.1, 0.15) is 22.9 Å². The Balaban J connectivity index is 1.90. The highest BCUT2D eigenvalue weighted by Crippen LogP contribution is 2.34. The summed E-state index contributed by atoms with van der Waals surface area (Å²) in [4.78, 5) is 3.57. The molecule has 3 aromatic rings. The monoisotopic (exact) mass is 278 g/mol. The molecular weight excluding hydrogens is 260 g/mol. The molecule has 21 heavy (non-hydrogen) atoms. The summed E-state index contributed by atoms with van der Waals surface area (Å²) in [5, 5.41) is 14.4. The molecule has 1 aliphatic rings. The SMILES string of the molecule is OCC1Cc2c([nH]c3ccccc23)C(c2ccccc2)N1. The fourth-order valence-corrected chi connectivity index (χ4v) is 3.34. The second-order valence-corrected chi connectivity index (χ2v) is 5.66. The molecule has 106 valence electrons. The van der Waals surface area contributed by atoms with E-state index in [4.69, 9.17) is 0 Å². The number of para-hydroxylation sites is 1. The Bertz CT molecular complexity index is 763. The number of nitrogens with one attached hydrogen (secondary N) is 2. The summed E-state index contributed by atoms with van der Waals surface area (Å²) in [6.45, 7) is 0.155. The van der Waals surface area contributed by atoms with Crippen LogP contribution in [-0.2, 0) is 6.42 Å². The van der Waals surface area contributed by atoms with Crippen molar-refractivity contribution < 1.29 is 5.11 Å². The number of aromatic amines is 1. The third-order valence-corrected chi connectivity index (χ3v) is 4.34. The molecule has 0 saturated heterocycles. The number of hydrogen-bond acceptors (Lipinski definition) is 2. The lowest BCUT2D eigenvalue weighted by molar-refractivity contribution is 0.228. The highest BCUT2D eigenvalue weighted by molar-refractivity contribution is 5.85. The summed E-state index contributed by atoms with van der Waals surface area (Å²) < 4.78 is 0. The lowest BCUT2D eigenvalue weighted by atomic mass is 9.90. The van der Waals surface area contributed by atoms with Crippen LogP contribution in [0.15, 0.2) is 54.6 Å². The van der Waals surface area contributed by atoms with Crippen LogP contribution in [0.2, 0.25) is 0 Å². The zero-order valence-corrected chi connectivity index (χ0v) is 11.7. The van der Waals surface area contributed by atoms with Crippen molar-refractivity contribution >= 4 is 10.9 Å². The van der Waals surface area contributed by atoms with Crippen molar-refractivity contribution in [2.75, 3.05) is 6.61 Å². The van der Waals surface area contributed by atoms with Gasteiger partial charge in [0.25, 0.3) is 0 Å². The van der Waals surface area contributed by atoms with Gasteiger partial charge in [-0.25, -0.2) is 0 Å². The van der Waals surface area contributed by atoms with Crippen LogP contribution < -0.4 is 5.32 Å². The van der Waals surface area contributed by atoms with Crippen LogP contribution in [-0.4, -0.2) is 22.7 Å². The quantitative estimate of drug-likeness (QED) is 0.675. The third kappa shape index (κ3) is 2.06. The first-order valence-electron chi connectivity index (χ1n) is 7.38. The van der Waals surface area contributed by atoms with E-state index in [2.05, 4.69) is 58.8 Å². The number of rotatable bonds is 2. The summed E-state index contributed by atoms with van der Waals surface area (Å²) in [7, 11) is 0. The minimum atomic E-state index is 0.0990. The number of aliphatic hydroxyl groups excluding tert-OH is 1. The highest BCUT2D eigenvalue weighted by Gasteiger charge is 2.29. The predicted molar refractivity (Wildman–Crippen MR) is 84.3 cm³/mol. The van der Waals surface area contributed by atoms with E-state index >= 15 is 0 Å². The highest BCUT2D eigenvalue weighted by atomic mass is 16.3. The van der Waals surface area contributed by atoms with Crippen molar-refractivity contribution in [1.82, 2.24) is 10.3 Å². The lowest BCUT2D eigenvalue weighted by Gasteiger charge is -2.30. The molecule has 0 fully saturated rings. The fourth-order valence-electron chi connectivity index (χ4n) is 3.34. The summed E-state index contributed by atoms with van der Waals surface area (Å²) in [5.41, 5.74) is 4.96. The maximum atomic E-state index is 9.62. The maximum Gasteiger partial charge on any atom is 0.0735 e. The molecule has 4 rings (SSSR count). The van der Waals surface area contributed by atoms with Gasteiger partial charge in [-0.3, -0.25) is 5.32 Å². The molecule has 0 saturated carbocycles. The Morgan fingerprint density at radius 2 is 1.76 bits per heavy atom. The largest absolute Gasteiger partial charge is 0.395 e. The van der Waals surface area contributed by atoms with Crippen molar-refractivity contribution in [2.24, 2.45) is 0 Å². The molecule has 0 spiro atoms. The molecule has 3 heteroatoms. The van der Waals surface area contributed by atoms with Gasteiger partial charge in [0.05, 0.1) is 12.6 Å². The van der Waals surface area contributed by atoms with E-state index in [0.29, 0.717) is 0 Å². The molecule has 1 aliphatic heterocycles. The van der Waals surface area contributed by atoms with E-state index in [1.54, 1.807) is 0 Å². The van der Waals surface area contributed by atoms with Crippen LogP contribution in [0, 0.1) is 0 Å². The normalized spacial score (nSPS) is 21.4.